The normalized spacial score (nSPS) is 12.5. The smallest absolute Gasteiger partial charge is 0.303 e. The van der Waals surface area contributed by atoms with Gasteiger partial charge in [0, 0.05) is 5.56 Å². The molecule has 18 heavy (non-hydrogen) atoms. The summed E-state index contributed by atoms with van der Waals surface area (Å²) in [5.74, 6) is -0.601. The van der Waals surface area contributed by atoms with Crippen molar-refractivity contribution in [1.29, 1.82) is 0 Å². The van der Waals surface area contributed by atoms with Gasteiger partial charge in [-0.2, -0.15) is 0 Å². The van der Waals surface area contributed by atoms with Crippen LogP contribution in [0.2, 0.25) is 0 Å². The van der Waals surface area contributed by atoms with E-state index < -0.39 is 5.97 Å². The summed E-state index contributed by atoms with van der Waals surface area (Å²) in [7, 11) is 1.50. The number of carboxylic acids is 1. The molecule has 1 unspecified atom stereocenters. The van der Waals surface area contributed by atoms with E-state index in [1.807, 2.05) is 13.8 Å². The molecule has 1 rings (SSSR count). The lowest BCUT2D eigenvalue weighted by atomic mass is 9.87. The maximum absolute atomic E-state index is 13.3. The fourth-order valence-electron chi connectivity index (χ4n) is 2.12. The van der Waals surface area contributed by atoms with Crippen molar-refractivity contribution in [3.63, 3.8) is 0 Å². The van der Waals surface area contributed by atoms with Gasteiger partial charge in [0.25, 0.3) is 0 Å². The number of hydrogen-bond acceptors (Lipinski definition) is 2. The van der Waals surface area contributed by atoms with Crippen molar-refractivity contribution in [2.24, 2.45) is 5.92 Å². The van der Waals surface area contributed by atoms with Crippen LogP contribution in [-0.2, 0) is 4.79 Å². The maximum Gasteiger partial charge on any atom is 0.303 e. The van der Waals surface area contributed by atoms with Crippen molar-refractivity contribution in [2.45, 2.75) is 32.6 Å². The van der Waals surface area contributed by atoms with E-state index in [-0.39, 0.29) is 18.2 Å². The maximum atomic E-state index is 13.3. The first-order valence-corrected chi connectivity index (χ1v) is 5.99. The van der Waals surface area contributed by atoms with Crippen LogP contribution in [0.5, 0.6) is 5.75 Å². The van der Waals surface area contributed by atoms with Crippen molar-refractivity contribution >= 4 is 5.97 Å². The average molecular weight is 254 g/mol. The number of hydrogen-bond donors (Lipinski definition) is 1. The molecule has 1 N–H and O–H groups in total. The standard InChI is InChI=1S/C14H19FO3/c1-9(2)6-10(7-14(16)17)12-8-11(15)4-5-13(12)18-3/h4-5,8-10H,6-7H2,1-3H3,(H,16,17). The van der Waals surface area contributed by atoms with Gasteiger partial charge in [-0.05, 0) is 36.5 Å². The van der Waals surface area contributed by atoms with Crippen molar-refractivity contribution in [1.82, 2.24) is 0 Å². The first-order chi connectivity index (χ1) is 8.43. The van der Waals surface area contributed by atoms with Crippen LogP contribution in [0.4, 0.5) is 4.39 Å². The summed E-state index contributed by atoms with van der Waals surface area (Å²) in [4.78, 5) is 10.9. The molecule has 0 aliphatic rings. The molecule has 0 aromatic heterocycles. The molecule has 0 heterocycles. The summed E-state index contributed by atoms with van der Waals surface area (Å²) in [5.41, 5.74) is 0.633. The molecule has 0 aliphatic carbocycles. The minimum absolute atomic E-state index is 0.0159. The largest absolute Gasteiger partial charge is 0.496 e. The zero-order valence-corrected chi connectivity index (χ0v) is 10.9. The number of ether oxygens (including phenoxy) is 1. The highest BCUT2D eigenvalue weighted by molar-refractivity contribution is 5.68. The monoisotopic (exact) mass is 254 g/mol. The molecule has 0 bridgehead atoms. The zero-order valence-electron chi connectivity index (χ0n) is 10.9. The van der Waals surface area contributed by atoms with E-state index in [4.69, 9.17) is 9.84 Å². The van der Waals surface area contributed by atoms with Gasteiger partial charge in [0.05, 0.1) is 13.5 Å². The highest BCUT2D eigenvalue weighted by atomic mass is 19.1. The minimum Gasteiger partial charge on any atom is -0.496 e. The van der Waals surface area contributed by atoms with E-state index in [1.54, 1.807) is 6.07 Å². The van der Waals surface area contributed by atoms with Crippen molar-refractivity contribution in [2.75, 3.05) is 7.11 Å². The Bertz CT molecular complexity index is 416. The summed E-state index contributed by atoms with van der Waals surface area (Å²) in [6, 6.07) is 4.23. The molecule has 4 heteroatoms. The minimum atomic E-state index is -0.882. The predicted molar refractivity (Wildman–Crippen MR) is 67.4 cm³/mol. The second-order valence-electron chi connectivity index (χ2n) is 4.81. The fourth-order valence-corrected chi connectivity index (χ4v) is 2.12. The fraction of sp³-hybridized carbons (Fsp3) is 0.500. The molecule has 3 nitrogen and oxygen atoms in total. The number of carboxylic acid groups (broad SMARTS) is 1. The van der Waals surface area contributed by atoms with Crippen molar-refractivity contribution < 1.29 is 19.0 Å². The molecule has 0 amide bonds. The Morgan fingerprint density at radius 3 is 2.61 bits per heavy atom. The van der Waals surface area contributed by atoms with Gasteiger partial charge >= 0.3 is 5.97 Å². The van der Waals surface area contributed by atoms with Gasteiger partial charge in [0.2, 0.25) is 0 Å². The summed E-state index contributed by atoms with van der Waals surface area (Å²) < 4.78 is 18.5. The molecule has 1 aromatic rings. The third kappa shape index (κ3) is 4.02. The van der Waals surface area contributed by atoms with Gasteiger partial charge in [-0.3, -0.25) is 4.79 Å². The van der Waals surface area contributed by atoms with Gasteiger partial charge in [0.15, 0.2) is 0 Å². The van der Waals surface area contributed by atoms with Crippen LogP contribution in [0.25, 0.3) is 0 Å². The SMILES string of the molecule is COc1ccc(F)cc1C(CC(=O)O)CC(C)C. The third-order valence-corrected chi connectivity index (χ3v) is 2.81. The third-order valence-electron chi connectivity index (χ3n) is 2.81. The van der Waals surface area contributed by atoms with Crippen LogP contribution >= 0.6 is 0 Å². The van der Waals surface area contributed by atoms with Gasteiger partial charge in [-0.1, -0.05) is 13.8 Å². The topological polar surface area (TPSA) is 46.5 Å². The Kier molecular flexibility index (Phi) is 5.13. The number of rotatable bonds is 6. The average Bonchev–Trinajstić information content (AvgIpc) is 2.26. The Morgan fingerprint density at radius 2 is 2.11 bits per heavy atom. The molecule has 100 valence electrons. The van der Waals surface area contributed by atoms with E-state index in [9.17, 15) is 9.18 Å². The van der Waals surface area contributed by atoms with Gasteiger partial charge in [-0.25, -0.2) is 4.39 Å². The van der Waals surface area contributed by atoms with Gasteiger partial charge < -0.3 is 9.84 Å². The lowest BCUT2D eigenvalue weighted by Crippen LogP contribution is -2.10. The predicted octanol–water partition coefficient (Wildman–Crippen LogP) is 3.44. The van der Waals surface area contributed by atoms with E-state index in [0.29, 0.717) is 23.7 Å². The lowest BCUT2D eigenvalue weighted by Gasteiger charge is -2.20. The Morgan fingerprint density at radius 1 is 1.44 bits per heavy atom. The molecule has 1 aromatic carbocycles. The number of halogens is 1. The summed E-state index contributed by atoms with van der Waals surface area (Å²) >= 11 is 0. The molecule has 0 radical (unpaired) electrons. The quantitative estimate of drug-likeness (QED) is 0.845. The highest BCUT2D eigenvalue weighted by Crippen LogP contribution is 2.34. The van der Waals surface area contributed by atoms with Gasteiger partial charge in [0.1, 0.15) is 11.6 Å². The number of methoxy groups -OCH3 is 1. The van der Waals surface area contributed by atoms with E-state index in [0.717, 1.165) is 0 Å². The summed E-state index contributed by atoms with van der Waals surface area (Å²) in [6.45, 7) is 4.03. The lowest BCUT2D eigenvalue weighted by molar-refractivity contribution is -0.137. The molecule has 0 saturated heterocycles. The Hall–Kier alpha value is -1.58. The van der Waals surface area contributed by atoms with Crippen molar-refractivity contribution in [3.05, 3.63) is 29.6 Å². The van der Waals surface area contributed by atoms with E-state index in [2.05, 4.69) is 0 Å². The second-order valence-corrected chi connectivity index (χ2v) is 4.81. The number of carbonyl (C=O) groups is 1. The zero-order chi connectivity index (χ0) is 13.7. The summed E-state index contributed by atoms with van der Waals surface area (Å²) in [5, 5.41) is 8.96. The van der Waals surface area contributed by atoms with Crippen LogP contribution in [0.3, 0.4) is 0 Å². The Balaban J connectivity index is 3.09. The van der Waals surface area contributed by atoms with Crippen LogP contribution in [0.1, 0.15) is 38.2 Å². The van der Waals surface area contributed by atoms with Gasteiger partial charge in [-0.15, -0.1) is 0 Å². The first-order valence-electron chi connectivity index (χ1n) is 5.99. The molecular formula is C14H19FO3. The summed E-state index contributed by atoms with van der Waals surface area (Å²) in [6.07, 6.45) is 0.671. The molecule has 0 fully saturated rings. The van der Waals surface area contributed by atoms with Crippen LogP contribution in [0.15, 0.2) is 18.2 Å². The second kappa shape index (κ2) is 6.38. The van der Waals surface area contributed by atoms with E-state index in [1.165, 1.54) is 19.2 Å². The van der Waals surface area contributed by atoms with Crippen LogP contribution in [0, 0.1) is 11.7 Å². The molecule has 0 spiro atoms. The Labute approximate surface area is 107 Å². The van der Waals surface area contributed by atoms with Crippen molar-refractivity contribution in [3.8, 4) is 5.75 Å². The molecule has 1 atom stereocenters. The van der Waals surface area contributed by atoms with E-state index >= 15 is 0 Å². The first kappa shape index (κ1) is 14.5. The highest BCUT2D eigenvalue weighted by Gasteiger charge is 2.21. The van der Waals surface area contributed by atoms with Crippen LogP contribution in [-0.4, -0.2) is 18.2 Å². The molecule has 0 aliphatic heterocycles. The number of aliphatic carboxylic acids is 1. The van der Waals surface area contributed by atoms with Crippen LogP contribution < -0.4 is 4.74 Å². The number of benzene rings is 1. The molecule has 0 saturated carbocycles. The molecular weight excluding hydrogens is 235 g/mol.